The zero-order chi connectivity index (χ0) is 19.2. The Hall–Kier alpha value is -2.35. The van der Waals surface area contributed by atoms with Gasteiger partial charge in [-0.1, -0.05) is 13.3 Å². The van der Waals surface area contributed by atoms with Crippen LogP contribution in [0, 0.1) is 13.8 Å². The van der Waals surface area contributed by atoms with E-state index in [9.17, 15) is 5.11 Å². The molecule has 2 rings (SSSR count). The van der Waals surface area contributed by atoms with E-state index in [4.69, 9.17) is 4.42 Å². The Morgan fingerprint density at radius 2 is 2.08 bits per heavy atom. The van der Waals surface area contributed by atoms with Gasteiger partial charge in [-0.05, 0) is 39.3 Å². The Kier molecular flexibility index (Phi) is 6.79. The number of unbranched alkanes of at least 4 members (excludes halogenated alkanes) is 1. The van der Waals surface area contributed by atoms with E-state index in [1.165, 1.54) is 0 Å². The molecule has 0 aliphatic rings. The van der Waals surface area contributed by atoms with Crippen LogP contribution in [0.3, 0.4) is 0 Å². The summed E-state index contributed by atoms with van der Waals surface area (Å²) in [6.45, 7) is 9.10. The molecule has 2 aromatic rings. The van der Waals surface area contributed by atoms with Gasteiger partial charge in [0.25, 0.3) is 0 Å². The molecule has 0 fully saturated rings. The fourth-order valence-corrected chi connectivity index (χ4v) is 2.36. The van der Waals surface area contributed by atoms with E-state index < -0.39 is 5.60 Å². The molecular weight excluding hydrogens is 332 g/mol. The van der Waals surface area contributed by atoms with Crippen LogP contribution in [0.15, 0.2) is 21.5 Å². The highest BCUT2D eigenvalue weighted by molar-refractivity contribution is 5.79. The summed E-state index contributed by atoms with van der Waals surface area (Å²) >= 11 is 0. The zero-order valence-electron chi connectivity index (χ0n) is 16.3. The van der Waals surface area contributed by atoms with Crippen molar-refractivity contribution in [3.63, 3.8) is 0 Å². The molecule has 0 saturated heterocycles. The van der Waals surface area contributed by atoms with Gasteiger partial charge >= 0.3 is 0 Å². The number of nitrogens with one attached hydrogen (secondary N) is 2. The number of furan rings is 1. The molecule has 3 N–H and O–H groups in total. The number of hydrogen-bond donors (Lipinski definition) is 3. The van der Waals surface area contributed by atoms with Crippen molar-refractivity contribution in [1.82, 2.24) is 25.4 Å². The maximum absolute atomic E-state index is 10.7. The van der Waals surface area contributed by atoms with Gasteiger partial charge in [0.15, 0.2) is 11.8 Å². The summed E-state index contributed by atoms with van der Waals surface area (Å²) in [5.74, 6) is 3.56. The van der Waals surface area contributed by atoms with Crippen LogP contribution in [0.5, 0.6) is 0 Å². The smallest absolute Gasteiger partial charge is 0.191 e. The van der Waals surface area contributed by atoms with Crippen molar-refractivity contribution >= 4 is 5.96 Å². The van der Waals surface area contributed by atoms with E-state index in [1.807, 2.05) is 31.5 Å². The van der Waals surface area contributed by atoms with Crippen molar-refractivity contribution in [1.29, 1.82) is 0 Å². The van der Waals surface area contributed by atoms with Crippen molar-refractivity contribution < 1.29 is 9.52 Å². The van der Waals surface area contributed by atoms with E-state index in [-0.39, 0.29) is 6.54 Å². The van der Waals surface area contributed by atoms with Crippen molar-refractivity contribution in [2.75, 3.05) is 13.1 Å². The van der Waals surface area contributed by atoms with Crippen LogP contribution in [0.1, 0.15) is 49.9 Å². The Bertz CT molecular complexity index is 732. The lowest BCUT2D eigenvalue weighted by atomic mass is 10.0. The average molecular weight is 362 g/mol. The molecule has 8 heteroatoms. The second kappa shape index (κ2) is 8.84. The fourth-order valence-electron chi connectivity index (χ4n) is 2.36. The largest absolute Gasteiger partial charge is 0.463 e. The lowest BCUT2D eigenvalue weighted by molar-refractivity contribution is 0.0378. The van der Waals surface area contributed by atoms with Gasteiger partial charge in [-0.25, -0.2) is 4.99 Å². The molecule has 0 radical (unpaired) electrons. The van der Waals surface area contributed by atoms with Crippen LogP contribution in [0.25, 0.3) is 0 Å². The maximum Gasteiger partial charge on any atom is 0.191 e. The van der Waals surface area contributed by atoms with Crippen molar-refractivity contribution in [2.45, 2.75) is 52.7 Å². The highest BCUT2D eigenvalue weighted by atomic mass is 16.4. The average Bonchev–Trinajstić information content (AvgIpc) is 3.17. The summed E-state index contributed by atoms with van der Waals surface area (Å²) in [5.41, 5.74) is -1.14. The summed E-state index contributed by atoms with van der Waals surface area (Å²) in [6, 6.07) is 3.63. The molecule has 0 aliphatic heterocycles. The standard InChI is InChI=1S/C18H30N6O2/c1-6-7-10-19-17(20-11-16-23-22-14(3)24(16)5)21-12-18(4,25)15-9-8-13(2)26-15/h8-9,25H,6-7,10-12H2,1-5H3,(H2,19,20,21). The van der Waals surface area contributed by atoms with Gasteiger partial charge in [-0.2, -0.15) is 0 Å². The topological polar surface area (TPSA) is 100 Å². The highest BCUT2D eigenvalue weighted by Gasteiger charge is 2.27. The summed E-state index contributed by atoms with van der Waals surface area (Å²) in [5, 5.41) is 25.3. The number of nitrogens with zero attached hydrogens (tertiary/aromatic N) is 4. The lowest BCUT2D eigenvalue weighted by Gasteiger charge is -2.23. The van der Waals surface area contributed by atoms with Crippen LogP contribution < -0.4 is 10.6 Å². The van der Waals surface area contributed by atoms with E-state index in [1.54, 1.807) is 13.0 Å². The third-order valence-electron chi connectivity index (χ3n) is 4.26. The second-order valence-electron chi connectivity index (χ2n) is 6.71. The van der Waals surface area contributed by atoms with Crippen LogP contribution in [-0.2, 0) is 19.2 Å². The van der Waals surface area contributed by atoms with Gasteiger partial charge < -0.3 is 24.7 Å². The first-order valence-corrected chi connectivity index (χ1v) is 9.00. The Labute approximate surface area is 154 Å². The molecule has 0 saturated carbocycles. The number of hydrogen-bond acceptors (Lipinski definition) is 5. The van der Waals surface area contributed by atoms with Gasteiger partial charge in [-0.3, -0.25) is 0 Å². The Morgan fingerprint density at radius 1 is 1.31 bits per heavy atom. The predicted molar refractivity (Wildman–Crippen MR) is 101 cm³/mol. The molecule has 0 aromatic carbocycles. The first-order valence-electron chi connectivity index (χ1n) is 9.00. The molecule has 1 atom stereocenters. The third kappa shape index (κ3) is 5.32. The van der Waals surface area contributed by atoms with E-state index in [0.717, 1.165) is 36.8 Å². The maximum atomic E-state index is 10.7. The molecule has 2 heterocycles. The van der Waals surface area contributed by atoms with E-state index in [2.05, 4.69) is 32.7 Å². The summed E-state index contributed by atoms with van der Waals surface area (Å²) in [7, 11) is 1.92. The van der Waals surface area contributed by atoms with Gasteiger partial charge in [-0.15, -0.1) is 10.2 Å². The van der Waals surface area contributed by atoms with Crippen LogP contribution in [0.2, 0.25) is 0 Å². The second-order valence-corrected chi connectivity index (χ2v) is 6.71. The Balaban J connectivity index is 2.03. The van der Waals surface area contributed by atoms with Crippen LogP contribution in [0.4, 0.5) is 0 Å². The number of guanidine groups is 1. The highest BCUT2D eigenvalue weighted by Crippen LogP contribution is 2.21. The minimum Gasteiger partial charge on any atom is -0.463 e. The van der Waals surface area contributed by atoms with Gasteiger partial charge in [0.05, 0.1) is 6.54 Å². The molecule has 0 aliphatic carbocycles. The molecule has 0 spiro atoms. The number of aliphatic imine (C=N–C) groups is 1. The number of aliphatic hydroxyl groups is 1. The van der Waals surface area contributed by atoms with Gasteiger partial charge in [0, 0.05) is 13.6 Å². The molecule has 0 bridgehead atoms. The SMILES string of the molecule is CCCCNC(=NCc1nnc(C)n1C)NCC(C)(O)c1ccc(C)o1. The van der Waals surface area contributed by atoms with Crippen LogP contribution >= 0.6 is 0 Å². The minimum atomic E-state index is -1.14. The normalized spacial score (nSPS) is 14.3. The Morgan fingerprint density at radius 3 is 2.65 bits per heavy atom. The number of aromatic nitrogens is 3. The monoisotopic (exact) mass is 362 g/mol. The number of aryl methyl sites for hydroxylation is 2. The van der Waals surface area contributed by atoms with E-state index >= 15 is 0 Å². The molecule has 1 unspecified atom stereocenters. The molecule has 26 heavy (non-hydrogen) atoms. The molecule has 2 aromatic heterocycles. The third-order valence-corrected chi connectivity index (χ3v) is 4.26. The minimum absolute atomic E-state index is 0.274. The van der Waals surface area contributed by atoms with Crippen LogP contribution in [-0.4, -0.2) is 38.9 Å². The van der Waals surface area contributed by atoms with E-state index in [0.29, 0.717) is 18.3 Å². The summed E-state index contributed by atoms with van der Waals surface area (Å²) < 4.78 is 7.47. The quantitative estimate of drug-likeness (QED) is 0.376. The van der Waals surface area contributed by atoms with Gasteiger partial charge in [0.2, 0.25) is 0 Å². The zero-order valence-corrected chi connectivity index (χ0v) is 16.3. The summed E-state index contributed by atoms with van der Waals surface area (Å²) in [4.78, 5) is 4.57. The summed E-state index contributed by atoms with van der Waals surface area (Å²) in [6.07, 6.45) is 2.13. The molecule has 0 amide bonds. The molecular formula is C18H30N6O2. The van der Waals surface area contributed by atoms with Crippen molar-refractivity contribution in [2.24, 2.45) is 12.0 Å². The van der Waals surface area contributed by atoms with Crippen molar-refractivity contribution in [3.8, 4) is 0 Å². The first kappa shape index (κ1) is 20.0. The first-order chi connectivity index (χ1) is 12.3. The fraction of sp³-hybridized carbons (Fsp3) is 0.611. The lowest BCUT2D eigenvalue weighted by Crippen LogP contribution is -2.44. The predicted octanol–water partition coefficient (Wildman–Crippen LogP) is 1.77. The van der Waals surface area contributed by atoms with Gasteiger partial charge in [0.1, 0.15) is 29.5 Å². The molecule has 8 nitrogen and oxygen atoms in total. The van der Waals surface area contributed by atoms with Crippen molar-refractivity contribution in [3.05, 3.63) is 35.3 Å². The molecule has 144 valence electrons. The number of rotatable bonds is 8.